The number of halogens is 3. The van der Waals surface area contributed by atoms with E-state index in [2.05, 4.69) is 5.32 Å². The number of alkyl halides is 3. The second-order valence-electron chi connectivity index (χ2n) is 5.42. The molecule has 0 unspecified atom stereocenters. The van der Waals surface area contributed by atoms with Gasteiger partial charge in [-0.05, 0) is 30.5 Å². The normalized spacial score (nSPS) is 19.7. The molecule has 0 aliphatic carbocycles. The molecule has 1 saturated heterocycles. The first-order valence-corrected chi connectivity index (χ1v) is 6.98. The zero-order valence-electron chi connectivity index (χ0n) is 11.9. The zero-order chi connectivity index (χ0) is 15.5. The van der Waals surface area contributed by atoms with E-state index < -0.39 is 11.7 Å². The molecule has 116 valence electrons. The van der Waals surface area contributed by atoms with Gasteiger partial charge >= 0.3 is 6.18 Å². The molecule has 3 nitrogen and oxygen atoms in total. The Kier molecular flexibility index (Phi) is 4.88. The van der Waals surface area contributed by atoms with Crippen molar-refractivity contribution in [1.29, 1.82) is 0 Å². The standard InChI is InChI=1S/C15H19F3N2O/c1-19-14(21)8-11-6-7-20(9-11)10-12-4-2-3-5-13(12)15(16,17)18/h2-5,11H,6-10H2,1H3,(H,19,21)/t11-/m0/s1. The number of hydrogen-bond donors (Lipinski definition) is 1. The fourth-order valence-corrected chi connectivity index (χ4v) is 2.76. The highest BCUT2D eigenvalue weighted by molar-refractivity contribution is 5.75. The Morgan fingerprint density at radius 3 is 2.76 bits per heavy atom. The van der Waals surface area contributed by atoms with Gasteiger partial charge in [0.05, 0.1) is 5.56 Å². The highest BCUT2D eigenvalue weighted by Gasteiger charge is 2.34. The van der Waals surface area contributed by atoms with Gasteiger partial charge < -0.3 is 5.32 Å². The summed E-state index contributed by atoms with van der Waals surface area (Å²) < 4.78 is 38.8. The SMILES string of the molecule is CNC(=O)C[C@@H]1CCN(Cc2ccccc2C(F)(F)F)C1. The van der Waals surface area contributed by atoms with Crippen LogP contribution in [0.4, 0.5) is 13.2 Å². The van der Waals surface area contributed by atoms with Crippen LogP contribution in [0.3, 0.4) is 0 Å². The fraction of sp³-hybridized carbons (Fsp3) is 0.533. The number of nitrogens with one attached hydrogen (secondary N) is 1. The van der Waals surface area contributed by atoms with Gasteiger partial charge in [-0.2, -0.15) is 13.2 Å². The van der Waals surface area contributed by atoms with Crippen molar-refractivity contribution >= 4 is 5.91 Å². The molecule has 0 aromatic heterocycles. The van der Waals surface area contributed by atoms with Crippen LogP contribution >= 0.6 is 0 Å². The average molecular weight is 300 g/mol. The second kappa shape index (κ2) is 6.47. The summed E-state index contributed by atoms with van der Waals surface area (Å²) in [5, 5.41) is 2.58. The van der Waals surface area contributed by atoms with Gasteiger partial charge in [0.25, 0.3) is 0 Å². The maximum absolute atomic E-state index is 12.9. The highest BCUT2D eigenvalue weighted by atomic mass is 19.4. The first-order chi connectivity index (χ1) is 9.90. The largest absolute Gasteiger partial charge is 0.416 e. The number of rotatable bonds is 4. The lowest BCUT2D eigenvalue weighted by atomic mass is 10.0. The summed E-state index contributed by atoms with van der Waals surface area (Å²) in [7, 11) is 1.59. The Morgan fingerprint density at radius 1 is 1.38 bits per heavy atom. The zero-order valence-corrected chi connectivity index (χ0v) is 11.9. The van der Waals surface area contributed by atoms with Crippen molar-refractivity contribution in [3.8, 4) is 0 Å². The molecule has 1 heterocycles. The van der Waals surface area contributed by atoms with E-state index in [1.54, 1.807) is 13.1 Å². The van der Waals surface area contributed by atoms with E-state index >= 15 is 0 Å². The summed E-state index contributed by atoms with van der Waals surface area (Å²) in [5.74, 6) is 0.209. The topological polar surface area (TPSA) is 32.3 Å². The van der Waals surface area contributed by atoms with Crippen LogP contribution in [0.2, 0.25) is 0 Å². The van der Waals surface area contributed by atoms with Crippen LogP contribution < -0.4 is 5.32 Å². The Labute approximate surface area is 122 Å². The highest BCUT2D eigenvalue weighted by Crippen LogP contribution is 2.33. The molecule has 6 heteroatoms. The molecular weight excluding hydrogens is 281 g/mol. The van der Waals surface area contributed by atoms with E-state index in [4.69, 9.17) is 0 Å². The third kappa shape index (κ3) is 4.20. The van der Waals surface area contributed by atoms with Crippen molar-refractivity contribution in [2.24, 2.45) is 5.92 Å². The van der Waals surface area contributed by atoms with Crippen LogP contribution in [-0.4, -0.2) is 30.9 Å². The number of hydrogen-bond acceptors (Lipinski definition) is 2. The van der Waals surface area contributed by atoms with Crippen LogP contribution in [0.25, 0.3) is 0 Å². The predicted octanol–water partition coefficient (Wildman–Crippen LogP) is 2.66. The maximum atomic E-state index is 12.9. The third-order valence-electron chi connectivity index (χ3n) is 3.84. The summed E-state index contributed by atoms with van der Waals surface area (Å²) in [4.78, 5) is 13.3. The summed E-state index contributed by atoms with van der Waals surface area (Å²) in [6.45, 7) is 1.67. The number of carbonyl (C=O) groups excluding carboxylic acids is 1. The third-order valence-corrected chi connectivity index (χ3v) is 3.84. The number of carbonyl (C=O) groups is 1. The van der Waals surface area contributed by atoms with Crippen LogP contribution in [0.1, 0.15) is 24.0 Å². The van der Waals surface area contributed by atoms with E-state index in [-0.39, 0.29) is 18.4 Å². The van der Waals surface area contributed by atoms with Crippen molar-refractivity contribution in [2.75, 3.05) is 20.1 Å². The Bertz CT molecular complexity index is 502. The van der Waals surface area contributed by atoms with Gasteiger partial charge in [-0.3, -0.25) is 9.69 Å². The number of amides is 1. The van der Waals surface area contributed by atoms with Gasteiger partial charge in [-0.1, -0.05) is 18.2 Å². The van der Waals surface area contributed by atoms with E-state index in [9.17, 15) is 18.0 Å². The summed E-state index contributed by atoms with van der Waals surface area (Å²) in [6, 6.07) is 5.68. The van der Waals surface area contributed by atoms with Crippen LogP contribution in [0.5, 0.6) is 0 Å². The lowest BCUT2D eigenvalue weighted by Crippen LogP contribution is -2.25. The minimum absolute atomic E-state index is 0.0162. The Hall–Kier alpha value is -1.56. The minimum Gasteiger partial charge on any atom is -0.359 e. The maximum Gasteiger partial charge on any atom is 0.416 e. The van der Waals surface area contributed by atoms with Crippen LogP contribution in [0.15, 0.2) is 24.3 Å². The minimum atomic E-state index is -4.32. The first-order valence-electron chi connectivity index (χ1n) is 6.98. The molecule has 1 aliphatic heterocycles. The monoisotopic (exact) mass is 300 g/mol. The molecule has 1 aromatic carbocycles. The molecule has 21 heavy (non-hydrogen) atoms. The summed E-state index contributed by atoms with van der Waals surface area (Å²) in [5.41, 5.74) is -0.273. The van der Waals surface area contributed by atoms with Crippen LogP contribution in [-0.2, 0) is 17.5 Å². The second-order valence-corrected chi connectivity index (χ2v) is 5.42. The van der Waals surface area contributed by atoms with E-state index in [1.807, 2.05) is 4.90 Å². The van der Waals surface area contributed by atoms with E-state index in [1.165, 1.54) is 12.1 Å². The van der Waals surface area contributed by atoms with Crippen molar-refractivity contribution in [2.45, 2.75) is 25.6 Å². The molecule has 1 fully saturated rings. The van der Waals surface area contributed by atoms with Crippen molar-refractivity contribution < 1.29 is 18.0 Å². The van der Waals surface area contributed by atoms with E-state index in [0.717, 1.165) is 19.0 Å². The lowest BCUT2D eigenvalue weighted by Gasteiger charge is -2.19. The molecule has 0 saturated carbocycles. The molecule has 0 bridgehead atoms. The van der Waals surface area contributed by atoms with Gasteiger partial charge in [-0.15, -0.1) is 0 Å². The summed E-state index contributed by atoms with van der Waals surface area (Å²) in [6.07, 6.45) is -3.03. The molecule has 0 spiro atoms. The Morgan fingerprint density at radius 2 is 2.10 bits per heavy atom. The fourth-order valence-electron chi connectivity index (χ4n) is 2.76. The number of benzene rings is 1. The van der Waals surface area contributed by atoms with Gasteiger partial charge in [0, 0.05) is 26.6 Å². The quantitative estimate of drug-likeness (QED) is 0.927. The van der Waals surface area contributed by atoms with Gasteiger partial charge in [0.15, 0.2) is 0 Å². The number of likely N-dealkylation sites (tertiary alicyclic amines) is 1. The molecule has 1 aromatic rings. The molecular formula is C15H19F3N2O. The average Bonchev–Trinajstić information content (AvgIpc) is 2.85. The van der Waals surface area contributed by atoms with Gasteiger partial charge in [0.1, 0.15) is 0 Å². The molecule has 0 radical (unpaired) electrons. The summed E-state index contributed by atoms with van der Waals surface area (Å²) >= 11 is 0. The van der Waals surface area contributed by atoms with Crippen molar-refractivity contribution in [1.82, 2.24) is 10.2 Å². The molecule has 1 N–H and O–H groups in total. The number of nitrogens with zero attached hydrogens (tertiary/aromatic N) is 1. The molecule has 1 amide bonds. The first kappa shape index (κ1) is 15.8. The van der Waals surface area contributed by atoms with E-state index in [0.29, 0.717) is 18.5 Å². The molecule has 1 aliphatic rings. The molecule has 2 rings (SSSR count). The predicted molar refractivity (Wildman–Crippen MR) is 73.5 cm³/mol. The smallest absolute Gasteiger partial charge is 0.359 e. The van der Waals surface area contributed by atoms with Crippen LogP contribution in [0, 0.1) is 5.92 Å². The van der Waals surface area contributed by atoms with Crippen molar-refractivity contribution in [3.63, 3.8) is 0 Å². The van der Waals surface area contributed by atoms with Gasteiger partial charge in [0.2, 0.25) is 5.91 Å². The lowest BCUT2D eigenvalue weighted by molar-refractivity contribution is -0.138. The van der Waals surface area contributed by atoms with Crippen molar-refractivity contribution in [3.05, 3.63) is 35.4 Å². The molecule has 1 atom stereocenters. The van der Waals surface area contributed by atoms with Gasteiger partial charge in [-0.25, -0.2) is 0 Å². The Balaban J connectivity index is 1.99.